The number of carbonyl (C=O) groups excluding carboxylic acids is 2. The van der Waals surface area contributed by atoms with E-state index in [0.717, 1.165) is 13.1 Å². The predicted molar refractivity (Wildman–Crippen MR) is 119 cm³/mol. The Morgan fingerprint density at radius 1 is 1.00 bits per heavy atom. The fraction of sp³-hybridized carbons (Fsp3) is 0.280. The number of likely N-dealkylation sites (tertiary alicyclic amines) is 1. The van der Waals surface area contributed by atoms with E-state index in [1.165, 1.54) is 6.07 Å². The summed E-state index contributed by atoms with van der Waals surface area (Å²) in [5.41, 5.74) is 1.57. The van der Waals surface area contributed by atoms with Gasteiger partial charge in [-0.3, -0.25) is 14.5 Å². The molecule has 6 nitrogen and oxygen atoms in total. The number of rotatable bonds is 7. The van der Waals surface area contributed by atoms with E-state index in [1.54, 1.807) is 54.8 Å². The lowest BCUT2D eigenvalue weighted by Gasteiger charge is -2.31. The first kappa shape index (κ1) is 21.8. The number of amides is 2. The molecule has 32 heavy (non-hydrogen) atoms. The van der Waals surface area contributed by atoms with Crippen LogP contribution >= 0.6 is 0 Å². The van der Waals surface area contributed by atoms with Crippen LogP contribution < -0.4 is 10.6 Å². The molecular weight excluding hydrogens is 409 g/mol. The van der Waals surface area contributed by atoms with E-state index >= 15 is 0 Å². The number of nitrogens with zero attached hydrogens (tertiary/aromatic N) is 1. The van der Waals surface area contributed by atoms with E-state index < -0.39 is 0 Å². The Morgan fingerprint density at radius 2 is 1.75 bits per heavy atom. The topological polar surface area (TPSA) is 74.6 Å². The zero-order valence-corrected chi connectivity index (χ0v) is 17.7. The van der Waals surface area contributed by atoms with Crippen LogP contribution in [0.5, 0.6) is 0 Å². The third kappa shape index (κ3) is 5.42. The van der Waals surface area contributed by atoms with E-state index in [4.69, 9.17) is 4.42 Å². The van der Waals surface area contributed by atoms with Crippen molar-refractivity contribution in [2.45, 2.75) is 25.9 Å². The molecule has 4 rings (SSSR count). The van der Waals surface area contributed by atoms with Gasteiger partial charge in [0, 0.05) is 18.0 Å². The summed E-state index contributed by atoms with van der Waals surface area (Å²) >= 11 is 0. The molecule has 2 aromatic carbocycles. The summed E-state index contributed by atoms with van der Waals surface area (Å²) in [7, 11) is 0. The maximum atomic E-state index is 13.9. The molecule has 2 heterocycles. The molecule has 0 aliphatic carbocycles. The molecule has 166 valence electrons. The van der Waals surface area contributed by atoms with Gasteiger partial charge in [-0.15, -0.1) is 0 Å². The number of piperidine rings is 1. The molecule has 0 radical (unpaired) electrons. The first-order chi connectivity index (χ1) is 15.6. The lowest BCUT2D eigenvalue weighted by atomic mass is 9.95. The Kier molecular flexibility index (Phi) is 6.97. The molecule has 0 saturated carbocycles. The average Bonchev–Trinajstić information content (AvgIpc) is 3.33. The summed E-state index contributed by atoms with van der Waals surface area (Å²) in [6.45, 7) is 2.25. The predicted octanol–water partition coefficient (Wildman–Crippen LogP) is 4.20. The van der Waals surface area contributed by atoms with E-state index in [9.17, 15) is 14.0 Å². The maximum Gasteiger partial charge on any atom is 0.253 e. The van der Waals surface area contributed by atoms with E-state index in [1.807, 2.05) is 6.07 Å². The third-order valence-electron chi connectivity index (χ3n) is 5.74. The largest absolute Gasteiger partial charge is 0.467 e. The minimum absolute atomic E-state index is 0.0955. The highest BCUT2D eigenvalue weighted by Gasteiger charge is 2.26. The second kappa shape index (κ2) is 10.2. The summed E-state index contributed by atoms with van der Waals surface area (Å²) in [5, 5.41) is 5.73. The van der Waals surface area contributed by atoms with Gasteiger partial charge in [-0.05, 0) is 56.3 Å². The molecule has 1 aliphatic heterocycles. The van der Waals surface area contributed by atoms with Crippen molar-refractivity contribution in [3.63, 3.8) is 0 Å². The quantitative estimate of drug-likeness (QED) is 0.583. The number of halogens is 1. The molecule has 7 heteroatoms. The number of benzene rings is 2. The highest BCUT2D eigenvalue weighted by molar-refractivity contribution is 6.04. The Bertz CT molecular complexity index is 1060. The molecule has 1 fully saturated rings. The molecular formula is C25H26FN3O3. The molecule has 1 aliphatic rings. The van der Waals surface area contributed by atoms with Gasteiger partial charge in [0.25, 0.3) is 5.91 Å². The Labute approximate surface area is 186 Å². The number of anilines is 1. The number of hydrogen-bond donors (Lipinski definition) is 2. The van der Waals surface area contributed by atoms with Gasteiger partial charge < -0.3 is 15.1 Å². The van der Waals surface area contributed by atoms with Crippen molar-refractivity contribution >= 4 is 17.5 Å². The molecule has 3 aromatic rings. The van der Waals surface area contributed by atoms with Crippen LogP contribution in [0.4, 0.5) is 10.1 Å². The zero-order valence-electron chi connectivity index (χ0n) is 17.7. The number of carbonyl (C=O) groups is 2. The molecule has 1 aromatic heterocycles. The Balaban J connectivity index is 1.31. The molecule has 0 spiro atoms. The smallest absolute Gasteiger partial charge is 0.253 e. The second-order valence-corrected chi connectivity index (χ2v) is 7.94. The zero-order chi connectivity index (χ0) is 22.3. The summed E-state index contributed by atoms with van der Waals surface area (Å²) in [6, 6.07) is 17.3. The van der Waals surface area contributed by atoms with Crippen LogP contribution in [0.1, 0.15) is 34.5 Å². The average molecular weight is 435 g/mol. The fourth-order valence-corrected chi connectivity index (χ4v) is 3.92. The molecule has 0 unspecified atom stereocenters. The van der Waals surface area contributed by atoms with Gasteiger partial charge >= 0.3 is 0 Å². The number of nitrogens with one attached hydrogen (secondary N) is 2. The molecule has 0 bridgehead atoms. The van der Waals surface area contributed by atoms with Crippen molar-refractivity contribution in [1.29, 1.82) is 0 Å². The van der Waals surface area contributed by atoms with E-state index in [0.29, 0.717) is 42.0 Å². The molecule has 1 saturated heterocycles. The summed E-state index contributed by atoms with van der Waals surface area (Å²) in [6.07, 6.45) is 2.93. The lowest BCUT2D eigenvalue weighted by Crippen LogP contribution is -2.38. The van der Waals surface area contributed by atoms with Gasteiger partial charge in [0.1, 0.15) is 11.6 Å². The van der Waals surface area contributed by atoms with E-state index in [-0.39, 0.29) is 30.1 Å². The van der Waals surface area contributed by atoms with Gasteiger partial charge in [0.2, 0.25) is 5.91 Å². The normalized spacial score (nSPS) is 14.8. The van der Waals surface area contributed by atoms with Crippen molar-refractivity contribution in [2.24, 2.45) is 5.92 Å². The minimum Gasteiger partial charge on any atom is -0.467 e. The number of furan rings is 1. The van der Waals surface area contributed by atoms with Crippen LogP contribution in [-0.2, 0) is 17.9 Å². The number of para-hydroxylation sites is 1. The SMILES string of the molecule is O=C(NCc1ccco1)c1ccccc1NC(=O)C1CCN(Cc2ccccc2F)CC1. The molecule has 2 N–H and O–H groups in total. The van der Waals surface area contributed by atoms with Crippen molar-refractivity contribution in [3.05, 3.63) is 89.6 Å². The van der Waals surface area contributed by atoms with Gasteiger partial charge in [-0.25, -0.2) is 4.39 Å². The molecule has 0 atom stereocenters. The second-order valence-electron chi connectivity index (χ2n) is 7.94. The standard InChI is InChI=1S/C25H26FN3O3/c26-22-9-3-1-6-19(22)17-29-13-11-18(12-14-29)24(30)28-23-10-4-2-8-21(23)25(31)27-16-20-7-5-15-32-20/h1-10,15,18H,11-14,16-17H2,(H,27,31)(H,28,30). The summed E-state index contributed by atoms with van der Waals surface area (Å²) in [5.74, 6) is -0.0683. The van der Waals surface area contributed by atoms with E-state index in [2.05, 4.69) is 15.5 Å². The fourth-order valence-electron chi connectivity index (χ4n) is 3.92. The number of hydrogen-bond acceptors (Lipinski definition) is 4. The first-order valence-corrected chi connectivity index (χ1v) is 10.8. The van der Waals surface area contributed by atoms with Crippen LogP contribution in [0.15, 0.2) is 71.3 Å². The van der Waals surface area contributed by atoms with Crippen molar-refractivity contribution in [1.82, 2.24) is 10.2 Å². The highest BCUT2D eigenvalue weighted by atomic mass is 19.1. The van der Waals surface area contributed by atoms with Crippen LogP contribution in [-0.4, -0.2) is 29.8 Å². The van der Waals surface area contributed by atoms with Gasteiger partial charge in [0.05, 0.1) is 24.1 Å². The van der Waals surface area contributed by atoms with Crippen molar-refractivity contribution in [3.8, 4) is 0 Å². The van der Waals surface area contributed by atoms with Crippen LogP contribution in [0.2, 0.25) is 0 Å². The monoisotopic (exact) mass is 435 g/mol. The van der Waals surface area contributed by atoms with Crippen LogP contribution in [0.25, 0.3) is 0 Å². The summed E-state index contributed by atoms with van der Waals surface area (Å²) < 4.78 is 19.1. The van der Waals surface area contributed by atoms with Crippen LogP contribution in [0, 0.1) is 11.7 Å². The summed E-state index contributed by atoms with van der Waals surface area (Å²) in [4.78, 5) is 27.7. The van der Waals surface area contributed by atoms with Crippen LogP contribution in [0.3, 0.4) is 0 Å². The van der Waals surface area contributed by atoms with Gasteiger partial charge in [-0.1, -0.05) is 30.3 Å². The van der Waals surface area contributed by atoms with Crippen molar-refractivity contribution < 1.29 is 18.4 Å². The maximum absolute atomic E-state index is 13.9. The Morgan fingerprint density at radius 3 is 2.50 bits per heavy atom. The minimum atomic E-state index is -0.281. The van der Waals surface area contributed by atoms with Crippen molar-refractivity contribution in [2.75, 3.05) is 18.4 Å². The first-order valence-electron chi connectivity index (χ1n) is 10.8. The lowest BCUT2D eigenvalue weighted by molar-refractivity contribution is -0.121. The van der Waals surface area contributed by atoms with Gasteiger partial charge in [-0.2, -0.15) is 0 Å². The molecule has 2 amide bonds. The van der Waals surface area contributed by atoms with Gasteiger partial charge in [0.15, 0.2) is 0 Å². The third-order valence-corrected chi connectivity index (χ3v) is 5.74. The highest BCUT2D eigenvalue weighted by Crippen LogP contribution is 2.23. The Hall–Kier alpha value is -3.45.